The van der Waals surface area contributed by atoms with Crippen molar-refractivity contribution in [3.63, 3.8) is 0 Å². The van der Waals surface area contributed by atoms with E-state index >= 15 is 0 Å². The van der Waals surface area contributed by atoms with Gasteiger partial charge in [-0.15, -0.1) is 0 Å². The van der Waals surface area contributed by atoms with Crippen LogP contribution in [0.15, 0.2) is 48.8 Å². The molecular formula is C21H21FN6O3. The summed E-state index contributed by atoms with van der Waals surface area (Å²) in [6.45, 7) is 0.892. The molecule has 9 nitrogen and oxygen atoms in total. The van der Waals surface area contributed by atoms with Crippen LogP contribution in [0.3, 0.4) is 0 Å². The van der Waals surface area contributed by atoms with E-state index in [-0.39, 0.29) is 23.4 Å². The fourth-order valence-electron chi connectivity index (χ4n) is 3.38. The first-order valence-electron chi connectivity index (χ1n) is 9.75. The maximum atomic E-state index is 13.8. The fraction of sp³-hybridized carbons (Fsp3) is 0.238. The van der Waals surface area contributed by atoms with E-state index in [9.17, 15) is 14.3 Å². The number of aromatic nitrogens is 3. The fourth-order valence-corrected chi connectivity index (χ4v) is 3.38. The van der Waals surface area contributed by atoms with Crippen LogP contribution in [0.4, 0.5) is 20.8 Å². The van der Waals surface area contributed by atoms with Gasteiger partial charge < -0.3 is 25.8 Å². The standard InChI is InChI=1S/C21H21FN6O3/c22-16-11-14(5-6-17(16)23)31-19-15(4-1-8-24-19)18-7-9-25-20(27-18)26-13-3-2-10-28(12-13)21(29)30/h1,4-9,11,13H,2-3,10,12,23H2,(H,29,30)(H,25,26,27)/t13-/m0/s1. The topological polar surface area (TPSA) is 126 Å². The first kappa shape index (κ1) is 20.3. The Kier molecular flexibility index (Phi) is 5.78. The summed E-state index contributed by atoms with van der Waals surface area (Å²) in [6, 6.07) is 9.33. The maximum absolute atomic E-state index is 13.8. The van der Waals surface area contributed by atoms with Crippen LogP contribution in [0.1, 0.15) is 12.8 Å². The van der Waals surface area contributed by atoms with Gasteiger partial charge in [-0.2, -0.15) is 0 Å². The molecule has 0 unspecified atom stereocenters. The number of benzene rings is 1. The molecular weight excluding hydrogens is 403 g/mol. The summed E-state index contributed by atoms with van der Waals surface area (Å²) in [4.78, 5) is 25.7. The van der Waals surface area contributed by atoms with Crippen molar-refractivity contribution in [3.8, 4) is 22.9 Å². The van der Waals surface area contributed by atoms with Crippen LogP contribution in [-0.2, 0) is 0 Å². The number of nitrogens with one attached hydrogen (secondary N) is 1. The van der Waals surface area contributed by atoms with Gasteiger partial charge in [-0.3, -0.25) is 0 Å². The average molecular weight is 424 g/mol. The molecule has 0 spiro atoms. The molecule has 2 aromatic heterocycles. The van der Waals surface area contributed by atoms with E-state index in [0.717, 1.165) is 12.8 Å². The highest BCUT2D eigenvalue weighted by atomic mass is 19.1. The summed E-state index contributed by atoms with van der Waals surface area (Å²) < 4.78 is 19.5. The number of halogens is 1. The van der Waals surface area contributed by atoms with Crippen molar-refractivity contribution < 1.29 is 19.0 Å². The van der Waals surface area contributed by atoms with Crippen molar-refractivity contribution in [2.45, 2.75) is 18.9 Å². The van der Waals surface area contributed by atoms with Gasteiger partial charge in [0.1, 0.15) is 11.6 Å². The molecule has 3 heterocycles. The van der Waals surface area contributed by atoms with E-state index in [1.165, 1.54) is 17.0 Å². The lowest BCUT2D eigenvalue weighted by molar-refractivity contribution is 0.132. The average Bonchev–Trinajstić information content (AvgIpc) is 2.77. The van der Waals surface area contributed by atoms with Gasteiger partial charge in [-0.05, 0) is 43.2 Å². The first-order chi connectivity index (χ1) is 15.0. The summed E-state index contributed by atoms with van der Waals surface area (Å²) in [6.07, 6.45) is 3.82. The molecule has 0 radical (unpaired) electrons. The van der Waals surface area contributed by atoms with Crippen molar-refractivity contribution >= 4 is 17.7 Å². The monoisotopic (exact) mass is 424 g/mol. The van der Waals surface area contributed by atoms with Gasteiger partial charge in [-0.1, -0.05) is 0 Å². The zero-order valence-electron chi connectivity index (χ0n) is 16.5. The zero-order chi connectivity index (χ0) is 21.8. The van der Waals surface area contributed by atoms with Crippen LogP contribution in [0.2, 0.25) is 0 Å². The third-order valence-corrected chi connectivity index (χ3v) is 4.91. The van der Waals surface area contributed by atoms with Crippen LogP contribution in [0.5, 0.6) is 11.6 Å². The second-order valence-corrected chi connectivity index (χ2v) is 7.12. The minimum atomic E-state index is -0.933. The van der Waals surface area contributed by atoms with Gasteiger partial charge in [-0.25, -0.2) is 24.1 Å². The molecule has 0 aliphatic carbocycles. The third kappa shape index (κ3) is 4.80. The molecule has 1 fully saturated rings. The molecule has 0 bridgehead atoms. The molecule has 160 valence electrons. The number of nitrogens with two attached hydrogens (primary N) is 1. The number of pyridine rings is 1. The molecule has 4 N–H and O–H groups in total. The first-order valence-corrected chi connectivity index (χ1v) is 9.75. The quantitative estimate of drug-likeness (QED) is 0.530. The summed E-state index contributed by atoms with van der Waals surface area (Å²) in [7, 11) is 0. The van der Waals surface area contributed by atoms with Gasteiger partial charge in [0.2, 0.25) is 11.8 Å². The van der Waals surface area contributed by atoms with E-state index in [2.05, 4.69) is 20.3 Å². The number of ether oxygens (including phenoxy) is 1. The Balaban J connectivity index is 1.55. The predicted molar refractivity (Wildman–Crippen MR) is 112 cm³/mol. The SMILES string of the molecule is Nc1ccc(Oc2ncccc2-c2ccnc(N[C@H]3CCCN(C(=O)O)C3)n2)cc1F. The molecule has 1 aliphatic heterocycles. The molecule has 1 aliphatic rings. The summed E-state index contributed by atoms with van der Waals surface area (Å²) in [5.41, 5.74) is 6.70. The lowest BCUT2D eigenvalue weighted by Gasteiger charge is -2.31. The molecule has 31 heavy (non-hydrogen) atoms. The van der Waals surface area contributed by atoms with Crippen LogP contribution in [-0.4, -0.2) is 50.2 Å². The Morgan fingerprint density at radius 2 is 2.13 bits per heavy atom. The number of piperidine rings is 1. The molecule has 1 saturated heterocycles. The smallest absolute Gasteiger partial charge is 0.407 e. The molecule has 0 saturated carbocycles. The number of nitrogen functional groups attached to an aromatic ring is 1. The van der Waals surface area contributed by atoms with Gasteiger partial charge in [0.05, 0.1) is 16.9 Å². The normalized spacial score (nSPS) is 16.0. The van der Waals surface area contributed by atoms with Crippen molar-refractivity contribution in [1.82, 2.24) is 19.9 Å². The minimum absolute atomic E-state index is 0.0317. The van der Waals surface area contributed by atoms with Crippen molar-refractivity contribution in [2.75, 3.05) is 24.1 Å². The van der Waals surface area contributed by atoms with E-state index in [1.54, 1.807) is 36.7 Å². The van der Waals surface area contributed by atoms with Crippen LogP contribution in [0, 0.1) is 5.82 Å². The number of rotatable bonds is 5. The van der Waals surface area contributed by atoms with Gasteiger partial charge in [0.15, 0.2) is 0 Å². The number of hydrogen-bond donors (Lipinski definition) is 3. The van der Waals surface area contributed by atoms with Crippen molar-refractivity contribution in [2.24, 2.45) is 0 Å². The predicted octanol–water partition coefficient (Wildman–Crippen LogP) is 3.61. The Labute approximate surface area is 177 Å². The third-order valence-electron chi connectivity index (χ3n) is 4.91. The van der Waals surface area contributed by atoms with Crippen molar-refractivity contribution in [3.05, 3.63) is 54.6 Å². The van der Waals surface area contributed by atoms with Gasteiger partial charge >= 0.3 is 6.09 Å². The number of hydrogen-bond acceptors (Lipinski definition) is 7. The number of amides is 1. The number of carbonyl (C=O) groups is 1. The maximum Gasteiger partial charge on any atom is 0.407 e. The number of anilines is 2. The highest BCUT2D eigenvalue weighted by molar-refractivity contribution is 5.66. The van der Waals surface area contributed by atoms with E-state index in [0.29, 0.717) is 30.3 Å². The summed E-state index contributed by atoms with van der Waals surface area (Å²) in [5, 5.41) is 12.4. The van der Waals surface area contributed by atoms with E-state index in [4.69, 9.17) is 10.5 Å². The summed E-state index contributed by atoms with van der Waals surface area (Å²) in [5.74, 6) is 0.315. The molecule has 4 rings (SSSR count). The molecule has 1 amide bonds. The Hall–Kier alpha value is -3.95. The number of likely N-dealkylation sites (tertiary alicyclic amines) is 1. The van der Waals surface area contributed by atoms with Crippen LogP contribution >= 0.6 is 0 Å². The Morgan fingerprint density at radius 1 is 1.26 bits per heavy atom. The summed E-state index contributed by atoms with van der Waals surface area (Å²) >= 11 is 0. The largest absolute Gasteiger partial charge is 0.465 e. The van der Waals surface area contributed by atoms with Crippen LogP contribution in [0.25, 0.3) is 11.3 Å². The van der Waals surface area contributed by atoms with E-state index < -0.39 is 11.9 Å². The van der Waals surface area contributed by atoms with Crippen molar-refractivity contribution in [1.29, 1.82) is 0 Å². The highest BCUT2D eigenvalue weighted by Crippen LogP contribution is 2.31. The second-order valence-electron chi connectivity index (χ2n) is 7.12. The molecule has 1 aromatic carbocycles. The molecule has 10 heteroatoms. The van der Waals surface area contributed by atoms with Crippen LogP contribution < -0.4 is 15.8 Å². The van der Waals surface area contributed by atoms with Gasteiger partial charge in [0, 0.05) is 37.6 Å². The van der Waals surface area contributed by atoms with E-state index in [1.807, 2.05) is 0 Å². The molecule has 1 atom stereocenters. The number of carboxylic acid groups (broad SMARTS) is 1. The number of nitrogens with zero attached hydrogens (tertiary/aromatic N) is 4. The highest BCUT2D eigenvalue weighted by Gasteiger charge is 2.23. The Morgan fingerprint density at radius 3 is 2.94 bits per heavy atom. The Bertz CT molecular complexity index is 1100. The minimum Gasteiger partial charge on any atom is -0.465 e. The van der Waals surface area contributed by atoms with Gasteiger partial charge in [0.25, 0.3) is 0 Å². The molecule has 3 aromatic rings. The zero-order valence-corrected chi connectivity index (χ0v) is 16.5. The second kappa shape index (κ2) is 8.82. The lowest BCUT2D eigenvalue weighted by atomic mass is 10.1. The lowest BCUT2D eigenvalue weighted by Crippen LogP contribution is -2.44.